The molecule has 1 aliphatic heterocycles. The van der Waals surface area contributed by atoms with E-state index in [0.29, 0.717) is 5.41 Å². The molecule has 0 aromatic carbocycles. The summed E-state index contributed by atoms with van der Waals surface area (Å²) in [5, 5.41) is 0. The Kier molecular flexibility index (Phi) is 2.35. The molecule has 0 N–H and O–H groups in total. The van der Waals surface area contributed by atoms with Gasteiger partial charge in [-0.15, -0.1) is 0 Å². The lowest BCUT2D eigenvalue weighted by Gasteiger charge is -2.33. The fraction of sp³-hybridized carbons (Fsp3) is 1.00. The minimum absolute atomic E-state index is 0.490. The monoisotopic (exact) mass is 142 g/mol. The molecule has 0 saturated carbocycles. The van der Waals surface area contributed by atoms with E-state index in [1.165, 1.54) is 12.8 Å². The van der Waals surface area contributed by atoms with Crippen molar-refractivity contribution in [2.45, 2.75) is 33.6 Å². The van der Waals surface area contributed by atoms with E-state index in [4.69, 9.17) is 4.74 Å². The zero-order valence-corrected chi connectivity index (χ0v) is 7.31. The molecule has 0 amide bonds. The first-order valence-corrected chi connectivity index (χ1v) is 4.18. The van der Waals surface area contributed by atoms with Crippen molar-refractivity contribution in [1.82, 2.24) is 0 Å². The van der Waals surface area contributed by atoms with Crippen molar-refractivity contribution in [1.29, 1.82) is 0 Å². The van der Waals surface area contributed by atoms with Crippen molar-refractivity contribution in [3.8, 4) is 0 Å². The molecule has 10 heavy (non-hydrogen) atoms. The van der Waals surface area contributed by atoms with Crippen LogP contribution < -0.4 is 0 Å². The van der Waals surface area contributed by atoms with Crippen molar-refractivity contribution < 1.29 is 4.74 Å². The maximum absolute atomic E-state index is 5.29. The summed E-state index contributed by atoms with van der Waals surface area (Å²) in [7, 11) is 0. The van der Waals surface area contributed by atoms with E-state index in [1.54, 1.807) is 0 Å². The summed E-state index contributed by atoms with van der Waals surface area (Å²) in [6.45, 7) is 8.92. The number of hydrogen-bond acceptors (Lipinski definition) is 1. The molecule has 1 nitrogen and oxygen atoms in total. The molecule has 0 unspecified atom stereocenters. The molecule has 1 aliphatic rings. The van der Waals surface area contributed by atoms with Crippen molar-refractivity contribution in [2.24, 2.45) is 11.3 Å². The molecule has 1 heterocycles. The zero-order valence-electron chi connectivity index (χ0n) is 7.31. The average molecular weight is 142 g/mol. The maximum atomic E-state index is 5.29. The second-order valence-corrected chi connectivity index (χ2v) is 4.25. The van der Waals surface area contributed by atoms with Crippen LogP contribution in [0.3, 0.4) is 0 Å². The summed E-state index contributed by atoms with van der Waals surface area (Å²) in [6, 6.07) is 0. The Labute approximate surface area is 63.8 Å². The van der Waals surface area contributed by atoms with Crippen molar-refractivity contribution in [2.75, 3.05) is 13.2 Å². The van der Waals surface area contributed by atoms with Crippen LogP contribution in [-0.4, -0.2) is 13.2 Å². The van der Waals surface area contributed by atoms with Crippen molar-refractivity contribution in [3.63, 3.8) is 0 Å². The Morgan fingerprint density at radius 3 is 1.90 bits per heavy atom. The highest BCUT2D eigenvalue weighted by atomic mass is 16.5. The molecule has 0 bridgehead atoms. The quantitative estimate of drug-likeness (QED) is 0.505. The summed E-state index contributed by atoms with van der Waals surface area (Å²) in [5.74, 6) is 0.876. The molecule has 0 atom stereocenters. The van der Waals surface area contributed by atoms with Crippen LogP contribution in [-0.2, 0) is 4.74 Å². The smallest absolute Gasteiger partial charge is 0.0468 e. The maximum Gasteiger partial charge on any atom is 0.0468 e. The van der Waals surface area contributed by atoms with Gasteiger partial charge in [-0.3, -0.25) is 0 Å². The first-order valence-electron chi connectivity index (χ1n) is 4.18. The Hall–Kier alpha value is -0.0400. The van der Waals surface area contributed by atoms with E-state index in [2.05, 4.69) is 20.8 Å². The Morgan fingerprint density at radius 2 is 1.60 bits per heavy atom. The number of ether oxygens (including phenoxy) is 1. The van der Waals surface area contributed by atoms with Crippen LogP contribution in [0.1, 0.15) is 33.6 Å². The van der Waals surface area contributed by atoms with Crippen LogP contribution in [0.4, 0.5) is 0 Å². The lowest BCUT2D eigenvalue weighted by atomic mass is 9.76. The van der Waals surface area contributed by atoms with Crippen molar-refractivity contribution >= 4 is 0 Å². The summed E-state index contributed by atoms with van der Waals surface area (Å²) < 4.78 is 5.29. The summed E-state index contributed by atoms with van der Waals surface area (Å²) in [5.41, 5.74) is 0.490. The third-order valence-corrected chi connectivity index (χ3v) is 2.45. The highest BCUT2D eigenvalue weighted by Crippen LogP contribution is 2.33. The first-order chi connectivity index (χ1) is 4.61. The highest BCUT2D eigenvalue weighted by molar-refractivity contribution is 4.75. The van der Waals surface area contributed by atoms with Crippen LogP contribution in [0.5, 0.6) is 0 Å². The molecule has 1 fully saturated rings. The number of hydrogen-bond donors (Lipinski definition) is 0. The SMILES string of the molecule is CC(C)(C)C1CCOCC1. The fourth-order valence-electron chi connectivity index (χ4n) is 1.56. The van der Waals surface area contributed by atoms with Crippen LogP contribution in [0.2, 0.25) is 0 Å². The summed E-state index contributed by atoms with van der Waals surface area (Å²) in [6.07, 6.45) is 2.51. The van der Waals surface area contributed by atoms with Gasteiger partial charge in [0.1, 0.15) is 0 Å². The van der Waals surface area contributed by atoms with Gasteiger partial charge < -0.3 is 4.74 Å². The van der Waals surface area contributed by atoms with Gasteiger partial charge in [0, 0.05) is 13.2 Å². The third-order valence-electron chi connectivity index (χ3n) is 2.45. The van der Waals surface area contributed by atoms with Gasteiger partial charge in [-0.1, -0.05) is 20.8 Å². The Balaban J connectivity index is 2.39. The van der Waals surface area contributed by atoms with E-state index < -0.39 is 0 Å². The standard InChI is InChI=1S/C9H18O/c1-9(2,3)8-4-6-10-7-5-8/h8H,4-7H2,1-3H3. The minimum atomic E-state index is 0.490. The van der Waals surface area contributed by atoms with Gasteiger partial charge in [0.25, 0.3) is 0 Å². The van der Waals surface area contributed by atoms with Gasteiger partial charge in [-0.05, 0) is 24.2 Å². The van der Waals surface area contributed by atoms with Gasteiger partial charge in [-0.2, -0.15) is 0 Å². The molecule has 1 rings (SSSR count). The molecule has 0 radical (unpaired) electrons. The topological polar surface area (TPSA) is 9.23 Å². The predicted molar refractivity (Wildman–Crippen MR) is 43.0 cm³/mol. The lowest BCUT2D eigenvalue weighted by Crippen LogP contribution is -2.27. The van der Waals surface area contributed by atoms with Crippen molar-refractivity contribution in [3.05, 3.63) is 0 Å². The molecule has 0 aromatic rings. The van der Waals surface area contributed by atoms with Crippen LogP contribution in [0.15, 0.2) is 0 Å². The Morgan fingerprint density at radius 1 is 1.10 bits per heavy atom. The summed E-state index contributed by atoms with van der Waals surface area (Å²) in [4.78, 5) is 0. The van der Waals surface area contributed by atoms with Gasteiger partial charge in [0.05, 0.1) is 0 Å². The van der Waals surface area contributed by atoms with Gasteiger partial charge in [-0.25, -0.2) is 0 Å². The molecule has 1 heteroatoms. The number of rotatable bonds is 0. The van der Waals surface area contributed by atoms with Gasteiger partial charge >= 0.3 is 0 Å². The highest BCUT2D eigenvalue weighted by Gasteiger charge is 2.25. The largest absolute Gasteiger partial charge is 0.381 e. The molecule has 0 spiro atoms. The van der Waals surface area contributed by atoms with E-state index in [0.717, 1.165) is 19.1 Å². The Bertz CT molecular complexity index is 95.8. The third kappa shape index (κ3) is 1.98. The molecule has 60 valence electrons. The predicted octanol–water partition coefficient (Wildman–Crippen LogP) is 2.46. The molecule has 1 saturated heterocycles. The average Bonchev–Trinajstić information content (AvgIpc) is 1.88. The van der Waals surface area contributed by atoms with E-state index in [9.17, 15) is 0 Å². The second kappa shape index (κ2) is 2.91. The molecule has 0 aliphatic carbocycles. The first kappa shape index (κ1) is 8.06. The van der Waals surface area contributed by atoms with Crippen LogP contribution >= 0.6 is 0 Å². The van der Waals surface area contributed by atoms with E-state index in [1.807, 2.05) is 0 Å². The van der Waals surface area contributed by atoms with Gasteiger partial charge in [0.15, 0.2) is 0 Å². The normalized spacial score (nSPS) is 23.1. The zero-order chi connectivity index (χ0) is 7.61. The van der Waals surface area contributed by atoms with Gasteiger partial charge in [0.2, 0.25) is 0 Å². The van der Waals surface area contributed by atoms with E-state index in [-0.39, 0.29) is 0 Å². The summed E-state index contributed by atoms with van der Waals surface area (Å²) >= 11 is 0. The van der Waals surface area contributed by atoms with Crippen LogP contribution in [0, 0.1) is 11.3 Å². The fourth-order valence-corrected chi connectivity index (χ4v) is 1.56. The van der Waals surface area contributed by atoms with E-state index >= 15 is 0 Å². The lowest BCUT2D eigenvalue weighted by molar-refractivity contribution is 0.0286. The molecular weight excluding hydrogens is 124 g/mol. The molecule has 0 aromatic heterocycles. The minimum Gasteiger partial charge on any atom is -0.381 e. The van der Waals surface area contributed by atoms with Crippen LogP contribution in [0.25, 0.3) is 0 Å². The second-order valence-electron chi connectivity index (χ2n) is 4.25. The molecular formula is C9H18O.